The normalized spacial score (nSPS) is 11.2. The Morgan fingerprint density at radius 1 is 0.840 bits per heavy atom. The number of nitrogens with zero attached hydrogens (tertiary/aromatic N) is 3. The van der Waals surface area contributed by atoms with E-state index in [1.165, 1.54) is 0 Å². The first-order valence-corrected chi connectivity index (χ1v) is 8.44. The highest BCUT2D eigenvalue weighted by atomic mass is 15.3. The van der Waals surface area contributed by atoms with Crippen LogP contribution in [-0.2, 0) is 0 Å². The molecule has 1 heterocycles. The lowest BCUT2D eigenvalue weighted by atomic mass is 10.1. The van der Waals surface area contributed by atoms with E-state index < -0.39 is 0 Å². The molecule has 0 fully saturated rings. The third-order valence-corrected chi connectivity index (χ3v) is 3.73. The fourth-order valence-corrected chi connectivity index (χ4v) is 2.56. The minimum absolute atomic E-state index is 0.0785. The Bertz CT molecular complexity index is 824. The number of nitrogens with one attached hydrogen (secondary N) is 1. The van der Waals surface area contributed by atoms with Crippen LogP contribution in [0.4, 0.5) is 17.5 Å². The van der Waals surface area contributed by atoms with Gasteiger partial charge in [-0.2, -0.15) is 4.98 Å². The van der Waals surface area contributed by atoms with Gasteiger partial charge in [0.25, 0.3) is 0 Å². The fraction of sp³-hybridized carbons (Fsp3) is 0.238. The second-order valence-electron chi connectivity index (χ2n) is 7.07. The topological polar surface area (TPSA) is 41.1 Å². The number of benzene rings is 2. The smallest absolute Gasteiger partial charge is 0.232 e. The molecule has 0 amide bonds. The van der Waals surface area contributed by atoms with E-state index in [1.54, 1.807) is 0 Å². The van der Waals surface area contributed by atoms with Crippen LogP contribution >= 0.6 is 0 Å². The molecule has 3 rings (SSSR count). The number of hydrogen-bond donors (Lipinski definition) is 1. The predicted molar refractivity (Wildman–Crippen MR) is 105 cm³/mol. The molecule has 1 aromatic heterocycles. The Labute approximate surface area is 149 Å². The lowest BCUT2D eigenvalue weighted by Gasteiger charge is -2.24. The van der Waals surface area contributed by atoms with E-state index in [0.29, 0.717) is 5.95 Å². The summed E-state index contributed by atoms with van der Waals surface area (Å²) in [6.07, 6.45) is 0. The van der Waals surface area contributed by atoms with Gasteiger partial charge >= 0.3 is 0 Å². The zero-order valence-corrected chi connectivity index (χ0v) is 15.2. The maximum absolute atomic E-state index is 4.78. The van der Waals surface area contributed by atoms with Gasteiger partial charge in [-0.15, -0.1) is 0 Å². The summed E-state index contributed by atoms with van der Waals surface area (Å²) in [5, 5.41) is 3.46. The summed E-state index contributed by atoms with van der Waals surface area (Å²) in [6.45, 7) is 6.37. The molecule has 0 atom stereocenters. The van der Waals surface area contributed by atoms with Gasteiger partial charge in [0.05, 0.1) is 5.69 Å². The Morgan fingerprint density at radius 2 is 1.44 bits per heavy atom. The van der Waals surface area contributed by atoms with Crippen LogP contribution < -0.4 is 10.2 Å². The fourth-order valence-electron chi connectivity index (χ4n) is 2.56. The summed E-state index contributed by atoms with van der Waals surface area (Å²) in [7, 11) is 1.99. The van der Waals surface area contributed by atoms with Gasteiger partial charge in [0.2, 0.25) is 5.95 Å². The highest BCUT2D eigenvalue weighted by Crippen LogP contribution is 2.27. The zero-order chi connectivity index (χ0) is 17.9. The monoisotopic (exact) mass is 332 g/mol. The van der Waals surface area contributed by atoms with E-state index in [1.807, 2.05) is 54.4 Å². The van der Waals surface area contributed by atoms with Crippen LogP contribution in [0.15, 0.2) is 66.7 Å². The lowest BCUT2D eigenvalue weighted by molar-refractivity contribution is 0.630. The molecule has 4 nitrogen and oxygen atoms in total. The molecular weight excluding hydrogens is 308 g/mol. The summed E-state index contributed by atoms with van der Waals surface area (Å²) in [5.74, 6) is 1.48. The van der Waals surface area contributed by atoms with E-state index in [9.17, 15) is 0 Å². The van der Waals surface area contributed by atoms with Crippen molar-refractivity contribution >= 4 is 17.5 Å². The maximum Gasteiger partial charge on any atom is 0.232 e. The largest absolute Gasteiger partial charge is 0.365 e. The Morgan fingerprint density at radius 3 is 2.04 bits per heavy atom. The Hall–Kier alpha value is -2.88. The van der Waals surface area contributed by atoms with Crippen molar-refractivity contribution in [3.63, 3.8) is 0 Å². The van der Waals surface area contributed by atoms with Crippen LogP contribution in [0.25, 0.3) is 11.3 Å². The molecule has 3 aromatic rings. The first kappa shape index (κ1) is 17.0. The van der Waals surface area contributed by atoms with Gasteiger partial charge in [-0.25, -0.2) is 4.98 Å². The molecule has 1 N–H and O–H groups in total. The highest BCUT2D eigenvalue weighted by molar-refractivity contribution is 5.67. The van der Waals surface area contributed by atoms with E-state index in [4.69, 9.17) is 9.97 Å². The average molecular weight is 332 g/mol. The summed E-state index contributed by atoms with van der Waals surface area (Å²) < 4.78 is 0. The van der Waals surface area contributed by atoms with Gasteiger partial charge < -0.3 is 10.2 Å². The van der Waals surface area contributed by atoms with Crippen LogP contribution in [-0.4, -0.2) is 22.6 Å². The maximum atomic E-state index is 4.78. The summed E-state index contributed by atoms with van der Waals surface area (Å²) in [5.41, 5.74) is 2.95. The zero-order valence-electron chi connectivity index (χ0n) is 15.2. The van der Waals surface area contributed by atoms with Gasteiger partial charge in [0.1, 0.15) is 5.82 Å². The second kappa shape index (κ2) is 6.93. The molecule has 0 saturated heterocycles. The van der Waals surface area contributed by atoms with Crippen LogP contribution in [0, 0.1) is 0 Å². The quantitative estimate of drug-likeness (QED) is 0.720. The molecule has 0 radical (unpaired) electrons. The predicted octanol–water partition coefficient (Wildman–Crippen LogP) is 5.12. The third kappa shape index (κ3) is 4.35. The van der Waals surface area contributed by atoms with Crippen molar-refractivity contribution in [2.75, 3.05) is 17.3 Å². The SMILES string of the molecule is CN(c1ccccc1)c1nc(NC(C)(C)C)cc(-c2ccccc2)n1. The van der Waals surface area contributed by atoms with Crippen molar-refractivity contribution in [3.05, 3.63) is 66.7 Å². The molecule has 25 heavy (non-hydrogen) atoms. The lowest BCUT2D eigenvalue weighted by Crippen LogP contribution is -2.27. The van der Waals surface area contributed by atoms with Crippen LogP contribution in [0.1, 0.15) is 20.8 Å². The number of hydrogen-bond acceptors (Lipinski definition) is 4. The molecule has 0 aliphatic carbocycles. The minimum atomic E-state index is -0.0785. The Kier molecular flexibility index (Phi) is 4.70. The van der Waals surface area contributed by atoms with E-state index >= 15 is 0 Å². The van der Waals surface area contributed by atoms with E-state index in [2.05, 4.69) is 50.4 Å². The molecule has 4 heteroatoms. The molecule has 0 saturated carbocycles. The van der Waals surface area contributed by atoms with Crippen LogP contribution in [0.5, 0.6) is 0 Å². The molecule has 0 aliphatic heterocycles. The molecule has 0 spiro atoms. The average Bonchev–Trinajstić information content (AvgIpc) is 2.61. The second-order valence-corrected chi connectivity index (χ2v) is 7.07. The molecule has 128 valence electrons. The van der Waals surface area contributed by atoms with Gasteiger partial charge in [-0.3, -0.25) is 0 Å². The summed E-state index contributed by atoms with van der Waals surface area (Å²) in [4.78, 5) is 11.5. The minimum Gasteiger partial charge on any atom is -0.365 e. The molecule has 2 aromatic carbocycles. The number of para-hydroxylation sites is 1. The van der Waals surface area contributed by atoms with Gasteiger partial charge in [-0.1, -0.05) is 48.5 Å². The number of rotatable bonds is 4. The molecule has 0 bridgehead atoms. The van der Waals surface area contributed by atoms with Crippen LogP contribution in [0.3, 0.4) is 0 Å². The highest BCUT2D eigenvalue weighted by Gasteiger charge is 2.15. The summed E-state index contributed by atoms with van der Waals surface area (Å²) in [6, 6.07) is 22.3. The molecular formula is C21H24N4. The molecule has 0 unspecified atom stereocenters. The van der Waals surface area contributed by atoms with Crippen molar-refractivity contribution in [2.45, 2.75) is 26.3 Å². The van der Waals surface area contributed by atoms with E-state index in [-0.39, 0.29) is 5.54 Å². The van der Waals surface area contributed by atoms with Crippen molar-refractivity contribution in [2.24, 2.45) is 0 Å². The van der Waals surface area contributed by atoms with Crippen LogP contribution in [0.2, 0.25) is 0 Å². The van der Waals surface area contributed by atoms with Crippen molar-refractivity contribution in [1.29, 1.82) is 0 Å². The van der Waals surface area contributed by atoms with Crippen molar-refractivity contribution in [1.82, 2.24) is 9.97 Å². The molecule has 0 aliphatic rings. The van der Waals surface area contributed by atoms with Gasteiger partial charge in [-0.05, 0) is 32.9 Å². The van der Waals surface area contributed by atoms with Crippen molar-refractivity contribution < 1.29 is 0 Å². The standard InChI is InChI=1S/C21H24N4/c1-21(2,3)24-19-15-18(16-11-7-5-8-12-16)22-20(23-19)25(4)17-13-9-6-10-14-17/h5-15H,1-4H3,(H,22,23,24). The number of anilines is 3. The van der Waals surface area contributed by atoms with Gasteiger partial charge in [0.15, 0.2) is 0 Å². The third-order valence-electron chi connectivity index (χ3n) is 3.73. The first-order valence-electron chi connectivity index (χ1n) is 8.44. The Balaban J connectivity index is 2.06. The van der Waals surface area contributed by atoms with E-state index in [0.717, 1.165) is 22.8 Å². The summed E-state index contributed by atoms with van der Waals surface area (Å²) >= 11 is 0. The first-order chi connectivity index (χ1) is 11.9. The number of aromatic nitrogens is 2. The van der Waals surface area contributed by atoms with Gasteiger partial charge in [0, 0.05) is 29.9 Å². The van der Waals surface area contributed by atoms with Crippen molar-refractivity contribution in [3.8, 4) is 11.3 Å².